The molecule has 1 saturated heterocycles. The second kappa shape index (κ2) is 6.45. The molecular formula is C12H20O3S2. The zero-order valence-electron chi connectivity index (χ0n) is 10.2. The maximum absolute atomic E-state index is 11.3. The molecule has 0 amide bonds. The van der Waals surface area contributed by atoms with Crippen LogP contribution in [0.3, 0.4) is 0 Å². The van der Waals surface area contributed by atoms with Gasteiger partial charge in [-0.3, -0.25) is 0 Å². The van der Waals surface area contributed by atoms with Crippen LogP contribution in [0.15, 0.2) is 0 Å². The summed E-state index contributed by atoms with van der Waals surface area (Å²) in [6.45, 7) is 0.294. The Labute approximate surface area is 111 Å². The summed E-state index contributed by atoms with van der Waals surface area (Å²) in [5, 5.41) is 0. The van der Waals surface area contributed by atoms with Gasteiger partial charge in [0.25, 0.3) is 0 Å². The van der Waals surface area contributed by atoms with Crippen molar-refractivity contribution in [2.45, 2.75) is 35.9 Å². The van der Waals surface area contributed by atoms with Crippen LogP contribution < -0.4 is 0 Å². The minimum Gasteiger partial charge on any atom is -0.359 e. The van der Waals surface area contributed by atoms with Gasteiger partial charge in [0, 0.05) is 13.0 Å². The van der Waals surface area contributed by atoms with E-state index in [0.717, 1.165) is 25.5 Å². The van der Waals surface area contributed by atoms with Gasteiger partial charge in [0.1, 0.15) is 18.7 Å². The van der Waals surface area contributed by atoms with E-state index in [9.17, 15) is 4.79 Å². The van der Waals surface area contributed by atoms with Crippen molar-refractivity contribution in [3.8, 4) is 0 Å². The normalized spacial score (nSPS) is 35.0. The molecule has 0 radical (unpaired) electrons. The lowest BCUT2D eigenvalue weighted by atomic mass is 9.93. The predicted octanol–water partition coefficient (Wildman–Crippen LogP) is 2.54. The first kappa shape index (κ1) is 13.7. The molecule has 3 nitrogen and oxygen atoms in total. The fourth-order valence-electron chi connectivity index (χ4n) is 2.69. The third-order valence-electron chi connectivity index (χ3n) is 3.55. The fraction of sp³-hybridized carbons (Fsp3) is 0.917. The van der Waals surface area contributed by atoms with Gasteiger partial charge in [-0.25, -0.2) is 0 Å². The monoisotopic (exact) mass is 276 g/mol. The summed E-state index contributed by atoms with van der Waals surface area (Å²) < 4.78 is 11.4. The molecule has 1 saturated carbocycles. The number of rotatable bonds is 5. The molecule has 2 aliphatic rings. The lowest BCUT2D eigenvalue weighted by Crippen LogP contribution is -2.47. The molecule has 98 valence electrons. The highest BCUT2D eigenvalue weighted by Gasteiger charge is 2.50. The molecule has 0 spiro atoms. The summed E-state index contributed by atoms with van der Waals surface area (Å²) in [6, 6.07) is 0. The van der Waals surface area contributed by atoms with Crippen LogP contribution in [0, 0.1) is 5.92 Å². The summed E-state index contributed by atoms with van der Waals surface area (Å²) in [6.07, 6.45) is 5.40. The smallest absolute Gasteiger partial charge is 0.147 e. The van der Waals surface area contributed by atoms with Gasteiger partial charge in [0.2, 0.25) is 0 Å². The van der Waals surface area contributed by atoms with E-state index in [4.69, 9.17) is 9.47 Å². The van der Waals surface area contributed by atoms with Gasteiger partial charge in [-0.15, -0.1) is 23.5 Å². The van der Waals surface area contributed by atoms with E-state index < -0.39 is 0 Å². The Balaban J connectivity index is 2.12. The highest BCUT2D eigenvalue weighted by Crippen LogP contribution is 2.50. The lowest BCUT2D eigenvalue weighted by Gasteiger charge is -2.41. The number of hydrogen-bond acceptors (Lipinski definition) is 5. The molecule has 2 atom stereocenters. The third-order valence-corrected chi connectivity index (χ3v) is 6.81. The van der Waals surface area contributed by atoms with Gasteiger partial charge < -0.3 is 14.3 Å². The number of ether oxygens (including phenoxy) is 2. The van der Waals surface area contributed by atoms with E-state index in [1.807, 2.05) is 23.5 Å². The number of hydrogen-bond donors (Lipinski definition) is 0. The Kier molecular flexibility index (Phi) is 5.21. The standard InChI is InChI=1S/C12H20O3S2/c1-14-9-15-12(5-2-4-10(12)8-13)11-16-6-3-7-17-11/h8,10-11H,2-7,9H2,1H3/t10-,12-/m1/s1. The first-order chi connectivity index (χ1) is 8.33. The zero-order valence-corrected chi connectivity index (χ0v) is 11.9. The molecule has 1 aliphatic carbocycles. The molecular weight excluding hydrogens is 256 g/mol. The Morgan fingerprint density at radius 1 is 1.35 bits per heavy atom. The van der Waals surface area contributed by atoms with Crippen molar-refractivity contribution in [1.29, 1.82) is 0 Å². The third kappa shape index (κ3) is 2.83. The minimum atomic E-state index is -0.284. The molecule has 17 heavy (non-hydrogen) atoms. The molecule has 0 aromatic carbocycles. The van der Waals surface area contributed by atoms with E-state index in [2.05, 4.69) is 0 Å². The Hall–Kier alpha value is 0.290. The van der Waals surface area contributed by atoms with Crippen molar-refractivity contribution in [3.05, 3.63) is 0 Å². The summed E-state index contributed by atoms with van der Waals surface area (Å²) in [4.78, 5) is 11.3. The highest BCUT2D eigenvalue weighted by molar-refractivity contribution is 8.17. The number of carbonyl (C=O) groups excluding carboxylic acids is 1. The van der Waals surface area contributed by atoms with Crippen molar-refractivity contribution in [3.63, 3.8) is 0 Å². The number of thioether (sulfide) groups is 2. The van der Waals surface area contributed by atoms with E-state index in [1.165, 1.54) is 17.9 Å². The highest BCUT2D eigenvalue weighted by atomic mass is 32.2. The zero-order chi connectivity index (χ0) is 12.1. The van der Waals surface area contributed by atoms with Crippen molar-refractivity contribution >= 4 is 29.8 Å². The molecule has 0 unspecified atom stereocenters. The number of methoxy groups -OCH3 is 1. The summed E-state index contributed by atoms with van der Waals surface area (Å²) in [5.41, 5.74) is -0.284. The molecule has 1 aliphatic heterocycles. The molecule has 5 heteroatoms. The van der Waals surface area contributed by atoms with Crippen LogP contribution >= 0.6 is 23.5 Å². The molecule has 0 bridgehead atoms. The average molecular weight is 276 g/mol. The fourth-order valence-corrected chi connectivity index (χ4v) is 6.17. The number of aldehydes is 1. The molecule has 2 rings (SSSR count). The Bertz CT molecular complexity index is 256. The minimum absolute atomic E-state index is 0.0424. The summed E-state index contributed by atoms with van der Waals surface area (Å²) in [7, 11) is 1.64. The van der Waals surface area contributed by atoms with Crippen LogP contribution in [-0.2, 0) is 14.3 Å². The van der Waals surface area contributed by atoms with Crippen LogP contribution in [-0.4, -0.2) is 41.9 Å². The second-order valence-corrected chi connectivity index (χ2v) is 7.29. The van der Waals surface area contributed by atoms with Gasteiger partial charge >= 0.3 is 0 Å². The van der Waals surface area contributed by atoms with Crippen molar-refractivity contribution in [2.24, 2.45) is 5.92 Å². The maximum Gasteiger partial charge on any atom is 0.147 e. The lowest BCUT2D eigenvalue weighted by molar-refractivity contribution is -0.146. The van der Waals surface area contributed by atoms with Gasteiger partial charge in [-0.2, -0.15) is 0 Å². The van der Waals surface area contributed by atoms with Crippen LogP contribution in [0.1, 0.15) is 25.7 Å². The summed E-state index contributed by atoms with van der Waals surface area (Å²) in [5.74, 6) is 2.41. The van der Waals surface area contributed by atoms with Gasteiger partial charge in [0.05, 0.1) is 4.58 Å². The quantitative estimate of drug-likeness (QED) is 0.569. The van der Waals surface area contributed by atoms with E-state index in [1.54, 1.807) is 7.11 Å². The number of carbonyl (C=O) groups is 1. The Morgan fingerprint density at radius 2 is 2.12 bits per heavy atom. The van der Waals surface area contributed by atoms with Crippen molar-refractivity contribution in [2.75, 3.05) is 25.4 Å². The van der Waals surface area contributed by atoms with E-state index >= 15 is 0 Å². The predicted molar refractivity (Wildman–Crippen MR) is 72.4 cm³/mol. The van der Waals surface area contributed by atoms with Gasteiger partial charge in [-0.1, -0.05) is 0 Å². The van der Waals surface area contributed by atoms with E-state index in [-0.39, 0.29) is 11.5 Å². The van der Waals surface area contributed by atoms with Crippen LogP contribution in [0.2, 0.25) is 0 Å². The molecule has 1 heterocycles. The first-order valence-electron chi connectivity index (χ1n) is 6.15. The molecule has 0 N–H and O–H groups in total. The molecule has 2 fully saturated rings. The van der Waals surface area contributed by atoms with Gasteiger partial charge in [-0.05, 0) is 37.2 Å². The first-order valence-corrected chi connectivity index (χ1v) is 8.24. The second-order valence-electron chi connectivity index (χ2n) is 4.57. The van der Waals surface area contributed by atoms with E-state index in [0.29, 0.717) is 11.4 Å². The maximum atomic E-state index is 11.3. The van der Waals surface area contributed by atoms with Crippen LogP contribution in [0.25, 0.3) is 0 Å². The van der Waals surface area contributed by atoms with Gasteiger partial charge in [0.15, 0.2) is 0 Å². The Morgan fingerprint density at radius 3 is 2.76 bits per heavy atom. The van der Waals surface area contributed by atoms with Crippen LogP contribution in [0.4, 0.5) is 0 Å². The molecule has 0 aromatic rings. The average Bonchev–Trinajstić information content (AvgIpc) is 2.81. The van der Waals surface area contributed by atoms with Crippen molar-refractivity contribution in [1.82, 2.24) is 0 Å². The topological polar surface area (TPSA) is 35.5 Å². The largest absolute Gasteiger partial charge is 0.359 e. The molecule has 0 aromatic heterocycles. The van der Waals surface area contributed by atoms with Crippen LogP contribution in [0.5, 0.6) is 0 Å². The SMILES string of the molecule is COCO[C@]1(C2SCCCS2)CCC[C@@H]1C=O. The van der Waals surface area contributed by atoms with Crippen molar-refractivity contribution < 1.29 is 14.3 Å². The summed E-state index contributed by atoms with van der Waals surface area (Å²) >= 11 is 3.90.